The standard InChI is InChI=1S/C15H18N/c1-12(2)13-4-6-14(7-5-13)15-8-10-16(3)11-9-15/h4-12H,1-3H3/q+1. The van der Waals surface area contributed by atoms with Gasteiger partial charge >= 0.3 is 0 Å². The fraction of sp³-hybridized carbons (Fsp3) is 0.267. The summed E-state index contributed by atoms with van der Waals surface area (Å²) in [7, 11) is 2.03. The van der Waals surface area contributed by atoms with Gasteiger partial charge in [-0.2, -0.15) is 0 Å². The molecule has 16 heavy (non-hydrogen) atoms. The first-order valence-corrected chi connectivity index (χ1v) is 5.72. The van der Waals surface area contributed by atoms with Crippen molar-refractivity contribution in [2.75, 3.05) is 0 Å². The molecule has 0 fully saturated rings. The van der Waals surface area contributed by atoms with E-state index < -0.39 is 0 Å². The van der Waals surface area contributed by atoms with E-state index in [1.807, 2.05) is 11.6 Å². The van der Waals surface area contributed by atoms with Crippen LogP contribution in [0.4, 0.5) is 0 Å². The molecule has 1 nitrogen and oxygen atoms in total. The first-order valence-electron chi connectivity index (χ1n) is 5.72. The molecule has 1 aromatic heterocycles. The lowest BCUT2D eigenvalue weighted by molar-refractivity contribution is -0.671. The smallest absolute Gasteiger partial charge is 0.169 e. The summed E-state index contributed by atoms with van der Waals surface area (Å²) in [5.41, 5.74) is 3.95. The Hall–Kier alpha value is -1.63. The van der Waals surface area contributed by atoms with Crippen LogP contribution in [-0.4, -0.2) is 0 Å². The quantitative estimate of drug-likeness (QED) is 0.672. The van der Waals surface area contributed by atoms with Gasteiger partial charge in [0.25, 0.3) is 0 Å². The summed E-state index contributed by atoms with van der Waals surface area (Å²) in [6, 6.07) is 13.1. The number of aryl methyl sites for hydroxylation is 1. The molecule has 0 radical (unpaired) electrons. The summed E-state index contributed by atoms with van der Waals surface area (Å²) >= 11 is 0. The molecular weight excluding hydrogens is 194 g/mol. The summed E-state index contributed by atoms with van der Waals surface area (Å²) < 4.78 is 2.05. The molecule has 82 valence electrons. The van der Waals surface area contributed by atoms with Gasteiger partial charge in [0.15, 0.2) is 12.4 Å². The maximum Gasteiger partial charge on any atom is 0.169 e. The molecule has 0 saturated carbocycles. The molecule has 0 unspecified atom stereocenters. The molecule has 0 spiro atoms. The normalized spacial score (nSPS) is 10.8. The summed E-state index contributed by atoms with van der Waals surface area (Å²) in [4.78, 5) is 0. The van der Waals surface area contributed by atoms with Crippen LogP contribution in [0.5, 0.6) is 0 Å². The summed E-state index contributed by atoms with van der Waals surface area (Å²) in [6.45, 7) is 4.44. The maximum atomic E-state index is 2.22. The zero-order valence-electron chi connectivity index (χ0n) is 10.1. The molecule has 0 aliphatic rings. The van der Waals surface area contributed by atoms with E-state index in [2.05, 4.69) is 62.6 Å². The Labute approximate surface area is 97.4 Å². The summed E-state index contributed by atoms with van der Waals surface area (Å²) in [5, 5.41) is 0. The second kappa shape index (κ2) is 4.48. The van der Waals surface area contributed by atoms with Crippen LogP contribution in [-0.2, 0) is 7.05 Å². The van der Waals surface area contributed by atoms with Gasteiger partial charge in [-0.3, -0.25) is 0 Å². The molecule has 0 amide bonds. The highest BCUT2D eigenvalue weighted by Gasteiger charge is 2.01. The molecule has 0 bridgehead atoms. The van der Waals surface area contributed by atoms with Crippen molar-refractivity contribution in [3.8, 4) is 11.1 Å². The van der Waals surface area contributed by atoms with Crippen molar-refractivity contribution in [1.82, 2.24) is 0 Å². The zero-order chi connectivity index (χ0) is 11.5. The van der Waals surface area contributed by atoms with Crippen LogP contribution in [0.25, 0.3) is 11.1 Å². The SMILES string of the molecule is CC(C)c1ccc(-c2cc[n+](C)cc2)cc1. The van der Waals surface area contributed by atoms with Crippen molar-refractivity contribution in [1.29, 1.82) is 0 Å². The highest BCUT2D eigenvalue weighted by atomic mass is 14.9. The van der Waals surface area contributed by atoms with E-state index in [0.717, 1.165) is 0 Å². The minimum absolute atomic E-state index is 0.600. The molecule has 1 heterocycles. The predicted molar refractivity (Wildman–Crippen MR) is 67.1 cm³/mol. The van der Waals surface area contributed by atoms with E-state index in [1.54, 1.807) is 0 Å². The van der Waals surface area contributed by atoms with Gasteiger partial charge in [0, 0.05) is 12.1 Å². The Morgan fingerprint density at radius 2 is 1.31 bits per heavy atom. The molecule has 0 N–H and O–H groups in total. The van der Waals surface area contributed by atoms with Gasteiger partial charge in [0.2, 0.25) is 0 Å². The Kier molecular flexibility index (Phi) is 3.04. The maximum absolute atomic E-state index is 2.22. The van der Waals surface area contributed by atoms with Crippen LogP contribution < -0.4 is 4.57 Å². The zero-order valence-corrected chi connectivity index (χ0v) is 10.1. The summed E-state index contributed by atoms with van der Waals surface area (Å²) in [6.07, 6.45) is 4.15. The largest absolute Gasteiger partial charge is 0.208 e. The van der Waals surface area contributed by atoms with Gasteiger partial charge in [-0.1, -0.05) is 38.1 Å². The van der Waals surface area contributed by atoms with Crippen molar-refractivity contribution in [3.63, 3.8) is 0 Å². The van der Waals surface area contributed by atoms with E-state index in [-0.39, 0.29) is 0 Å². The minimum Gasteiger partial charge on any atom is -0.208 e. The van der Waals surface area contributed by atoms with Gasteiger partial charge in [-0.15, -0.1) is 0 Å². The summed E-state index contributed by atoms with van der Waals surface area (Å²) in [5.74, 6) is 0.600. The number of pyridine rings is 1. The topological polar surface area (TPSA) is 3.88 Å². The van der Waals surface area contributed by atoms with Gasteiger partial charge in [-0.25, -0.2) is 4.57 Å². The molecule has 0 saturated heterocycles. The molecule has 1 heteroatoms. The van der Waals surface area contributed by atoms with E-state index in [4.69, 9.17) is 0 Å². The van der Waals surface area contributed by atoms with Gasteiger partial charge in [0.1, 0.15) is 7.05 Å². The third kappa shape index (κ3) is 2.30. The molecule has 2 aromatic rings. The van der Waals surface area contributed by atoms with Crippen LogP contribution in [0.3, 0.4) is 0 Å². The fourth-order valence-corrected chi connectivity index (χ4v) is 1.75. The highest BCUT2D eigenvalue weighted by molar-refractivity contribution is 5.62. The number of nitrogens with zero attached hydrogens (tertiary/aromatic N) is 1. The molecule has 1 aromatic carbocycles. The molecule has 0 atom stereocenters. The van der Waals surface area contributed by atoms with E-state index in [0.29, 0.717) is 5.92 Å². The average Bonchev–Trinajstić information content (AvgIpc) is 2.30. The Morgan fingerprint density at radius 3 is 1.81 bits per heavy atom. The van der Waals surface area contributed by atoms with Crippen molar-refractivity contribution >= 4 is 0 Å². The molecular formula is C15H18N+. The van der Waals surface area contributed by atoms with Crippen molar-refractivity contribution < 1.29 is 4.57 Å². The lowest BCUT2D eigenvalue weighted by Gasteiger charge is -2.06. The number of aromatic nitrogens is 1. The van der Waals surface area contributed by atoms with Crippen molar-refractivity contribution in [2.24, 2.45) is 7.05 Å². The first kappa shape index (κ1) is 10.9. The third-order valence-corrected chi connectivity index (χ3v) is 2.89. The molecule has 0 aliphatic heterocycles. The van der Waals surface area contributed by atoms with E-state index in [9.17, 15) is 0 Å². The monoisotopic (exact) mass is 212 g/mol. The minimum atomic E-state index is 0.600. The number of hydrogen-bond acceptors (Lipinski definition) is 0. The van der Waals surface area contributed by atoms with Gasteiger partial charge < -0.3 is 0 Å². The van der Waals surface area contributed by atoms with E-state index in [1.165, 1.54) is 16.7 Å². The average molecular weight is 212 g/mol. The van der Waals surface area contributed by atoms with Crippen LogP contribution in [0.15, 0.2) is 48.8 Å². The van der Waals surface area contributed by atoms with E-state index >= 15 is 0 Å². The number of rotatable bonds is 2. The van der Waals surface area contributed by atoms with Crippen molar-refractivity contribution in [2.45, 2.75) is 19.8 Å². The highest BCUT2D eigenvalue weighted by Crippen LogP contribution is 2.21. The fourth-order valence-electron chi connectivity index (χ4n) is 1.75. The van der Waals surface area contributed by atoms with Gasteiger partial charge in [-0.05, 0) is 22.6 Å². The first-order chi connectivity index (χ1) is 7.66. The predicted octanol–water partition coefficient (Wildman–Crippen LogP) is 3.30. The van der Waals surface area contributed by atoms with Crippen LogP contribution in [0.1, 0.15) is 25.3 Å². The lowest BCUT2D eigenvalue weighted by Crippen LogP contribution is -2.25. The lowest BCUT2D eigenvalue weighted by atomic mass is 9.99. The second-order valence-corrected chi connectivity index (χ2v) is 4.53. The Balaban J connectivity index is 2.31. The van der Waals surface area contributed by atoms with Crippen LogP contribution in [0, 0.1) is 0 Å². The Bertz CT molecular complexity index is 452. The second-order valence-electron chi connectivity index (χ2n) is 4.53. The van der Waals surface area contributed by atoms with Crippen molar-refractivity contribution in [3.05, 3.63) is 54.4 Å². The van der Waals surface area contributed by atoms with Gasteiger partial charge in [0.05, 0.1) is 0 Å². The third-order valence-electron chi connectivity index (χ3n) is 2.89. The number of benzene rings is 1. The molecule has 2 rings (SSSR count). The Morgan fingerprint density at radius 1 is 0.812 bits per heavy atom. The molecule has 0 aliphatic carbocycles. The van der Waals surface area contributed by atoms with Crippen LogP contribution in [0.2, 0.25) is 0 Å². The number of hydrogen-bond donors (Lipinski definition) is 0. The van der Waals surface area contributed by atoms with Crippen LogP contribution >= 0.6 is 0 Å².